The summed E-state index contributed by atoms with van der Waals surface area (Å²) in [4.78, 5) is 16.7. The molecule has 0 saturated heterocycles. The van der Waals surface area contributed by atoms with Gasteiger partial charge in [-0.1, -0.05) is 6.92 Å². The maximum Gasteiger partial charge on any atom is 0.268 e. The Morgan fingerprint density at radius 2 is 2.20 bits per heavy atom. The zero-order valence-corrected chi connectivity index (χ0v) is 12.5. The molecule has 1 atom stereocenters. The van der Waals surface area contributed by atoms with Gasteiger partial charge in [-0.05, 0) is 55.7 Å². The number of anilines is 2. The molecule has 2 aromatic rings. The number of fused-ring (bicyclic) bond motifs is 1. The standard InChI is InChI=1S/C16H18N2OS/c1-3-13-5-7-15(20-13)16(19)18-10(2)8-11-9-12(17)4-6-14(11)18/h4-7,9-10H,3,8,17H2,1-2H3. The van der Waals surface area contributed by atoms with E-state index in [1.54, 1.807) is 11.3 Å². The Morgan fingerprint density at radius 3 is 2.90 bits per heavy atom. The number of nitrogens with zero attached hydrogens (tertiary/aromatic N) is 1. The Morgan fingerprint density at radius 1 is 1.40 bits per heavy atom. The molecule has 1 unspecified atom stereocenters. The third-order valence-corrected chi connectivity index (χ3v) is 4.98. The molecular weight excluding hydrogens is 268 g/mol. The molecular formula is C16H18N2OS. The number of thiophene rings is 1. The zero-order valence-electron chi connectivity index (χ0n) is 11.7. The first kappa shape index (κ1) is 13.2. The summed E-state index contributed by atoms with van der Waals surface area (Å²) < 4.78 is 0. The van der Waals surface area contributed by atoms with E-state index in [4.69, 9.17) is 5.73 Å². The van der Waals surface area contributed by atoms with Gasteiger partial charge in [0.25, 0.3) is 5.91 Å². The minimum Gasteiger partial charge on any atom is -0.399 e. The van der Waals surface area contributed by atoms with E-state index in [1.807, 2.05) is 35.2 Å². The summed E-state index contributed by atoms with van der Waals surface area (Å²) in [6.45, 7) is 4.19. The lowest BCUT2D eigenvalue weighted by molar-refractivity contribution is 0.0985. The van der Waals surface area contributed by atoms with Crippen LogP contribution in [0.3, 0.4) is 0 Å². The second-order valence-electron chi connectivity index (χ2n) is 5.24. The van der Waals surface area contributed by atoms with Crippen LogP contribution in [0.15, 0.2) is 30.3 Å². The van der Waals surface area contributed by atoms with Crippen molar-refractivity contribution in [3.8, 4) is 0 Å². The number of hydrogen-bond acceptors (Lipinski definition) is 3. The highest BCUT2D eigenvalue weighted by Gasteiger charge is 2.32. The van der Waals surface area contributed by atoms with Gasteiger partial charge in [0.2, 0.25) is 0 Å². The number of nitrogen functional groups attached to an aromatic ring is 1. The molecule has 0 fully saturated rings. The summed E-state index contributed by atoms with van der Waals surface area (Å²) in [6, 6.07) is 9.97. The molecule has 3 rings (SSSR count). The van der Waals surface area contributed by atoms with Crippen molar-refractivity contribution >= 4 is 28.6 Å². The summed E-state index contributed by atoms with van der Waals surface area (Å²) in [6.07, 6.45) is 1.85. The molecule has 0 spiro atoms. The maximum atomic E-state index is 12.7. The van der Waals surface area contributed by atoms with Gasteiger partial charge in [0, 0.05) is 22.3 Å². The largest absolute Gasteiger partial charge is 0.399 e. The van der Waals surface area contributed by atoms with Gasteiger partial charge < -0.3 is 10.6 Å². The fourth-order valence-electron chi connectivity index (χ4n) is 2.76. The molecule has 20 heavy (non-hydrogen) atoms. The Hall–Kier alpha value is -1.81. The highest BCUT2D eigenvalue weighted by atomic mass is 32.1. The molecule has 1 aromatic carbocycles. The van der Waals surface area contributed by atoms with Gasteiger partial charge in [-0.2, -0.15) is 0 Å². The predicted octanol–water partition coefficient (Wildman–Crippen LogP) is 3.48. The van der Waals surface area contributed by atoms with Crippen LogP contribution in [-0.2, 0) is 12.8 Å². The third-order valence-electron chi connectivity index (χ3n) is 3.76. The molecule has 0 bridgehead atoms. The Kier molecular flexibility index (Phi) is 3.26. The molecule has 0 aliphatic carbocycles. The van der Waals surface area contributed by atoms with Crippen molar-refractivity contribution in [2.45, 2.75) is 32.7 Å². The highest BCUT2D eigenvalue weighted by molar-refractivity contribution is 7.14. The smallest absolute Gasteiger partial charge is 0.268 e. The van der Waals surface area contributed by atoms with E-state index in [0.717, 1.165) is 34.7 Å². The Balaban J connectivity index is 1.96. The minimum absolute atomic E-state index is 0.103. The van der Waals surface area contributed by atoms with Gasteiger partial charge in [-0.25, -0.2) is 0 Å². The molecule has 1 amide bonds. The second-order valence-corrected chi connectivity index (χ2v) is 6.40. The average molecular weight is 286 g/mol. The molecule has 1 aromatic heterocycles. The van der Waals surface area contributed by atoms with Crippen LogP contribution in [0, 0.1) is 0 Å². The number of hydrogen-bond donors (Lipinski definition) is 1. The van der Waals surface area contributed by atoms with E-state index in [0.29, 0.717) is 0 Å². The van der Waals surface area contributed by atoms with E-state index < -0.39 is 0 Å². The summed E-state index contributed by atoms with van der Waals surface area (Å²) in [5.41, 5.74) is 8.76. The summed E-state index contributed by atoms with van der Waals surface area (Å²) in [5, 5.41) is 0. The van der Waals surface area contributed by atoms with Gasteiger partial charge in [0.05, 0.1) is 4.88 Å². The first-order valence-corrected chi connectivity index (χ1v) is 7.72. The van der Waals surface area contributed by atoms with Gasteiger partial charge in [-0.15, -0.1) is 11.3 Å². The van der Waals surface area contributed by atoms with Crippen LogP contribution in [0.25, 0.3) is 0 Å². The number of carbonyl (C=O) groups excluding carboxylic acids is 1. The molecule has 3 nitrogen and oxygen atoms in total. The minimum atomic E-state index is 0.103. The van der Waals surface area contributed by atoms with Gasteiger partial charge in [0.15, 0.2) is 0 Å². The van der Waals surface area contributed by atoms with Crippen molar-refractivity contribution in [1.29, 1.82) is 0 Å². The first-order chi connectivity index (χ1) is 9.60. The number of nitrogens with two attached hydrogens (primary N) is 1. The molecule has 2 heterocycles. The molecule has 0 radical (unpaired) electrons. The van der Waals surface area contributed by atoms with Crippen LogP contribution < -0.4 is 10.6 Å². The first-order valence-electron chi connectivity index (χ1n) is 6.90. The van der Waals surface area contributed by atoms with E-state index >= 15 is 0 Å². The highest BCUT2D eigenvalue weighted by Crippen LogP contribution is 2.35. The van der Waals surface area contributed by atoms with E-state index in [1.165, 1.54) is 4.88 Å². The fourth-order valence-corrected chi connectivity index (χ4v) is 3.65. The normalized spacial score (nSPS) is 17.3. The average Bonchev–Trinajstić information content (AvgIpc) is 3.01. The Bertz CT molecular complexity index is 662. The summed E-state index contributed by atoms with van der Waals surface area (Å²) in [7, 11) is 0. The summed E-state index contributed by atoms with van der Waals surface area (Å²) in [5.74, 6) is 0.103. The molecule has 2 N–H and O–H groups in total. The lowest BCUT2D eigenvalue weighted by Crippen LogP contribution is -2.35. The van der Waals surface area contributed by atoms with E-state index in [9.17, 15) is 4.79 Å². The van der Waals surface area contributed by atoms with Crippen molar-refractivity contribution in [3.05, 3.63) is 45.6 Å². The molecule has 4 heteroatoms. The van der Waals surface area contributed by atoms with Crippen molar-refractivity contribution in [2.24, 2.45) is 0 Å². The van der Waals surface area contributed by atoms with E-state index in [2.05, 4.69) is 13.8 Å². The topological polar surface area (TPSA) is 46.3 Å². The number of rotatable bonds is 2. The zero-order chi connectivity index (χ0) is 14.3. The van der Waals surface area contributed by atoms with E-state index in [-0.39, 0.29) is 11.9 Å². The molecule has 0 saturated carbocycles. The number of carbonyl (C=O) groups is 1. The molecule has 1 aliphatic heterocycles. The van der Waals surface area contributed by atoms with Crippen molar-refractivity contribution in [3.63, 3.8) is 0 Å². The summed E-state index contributed by atoms with van der Waals surface area (Å²) >= 11 is 1.59. The lowest BCUT2D eigenvalue weighted by Gasteiger charge is -2.22. The number of benzene rings is 1. The van der Waals surface area contributed by atoms with Crippen LogP contribution in [0.4, 0.5) is 11.4 Å². The van der Waals surface area contributed by atoms with Crippen LogP contribution in [-0.4, -0.2) is 11.9 Å². The van der Waals surface area contributed by atoms with Crippen LogP contribution >= 0.6 is 11.3 Å². The molecule has 104 valence electrons. The second kappa shape index (κ2) is 4.94. The maximum absolute atomic E-state index is 12.7. The van der Waals surface area contributed by atoms with Gasteiger partial charge in [-0.3, -0.25) is 4.79 Å². The van der Waals surface area contributed by atoms with Gasteiger partial charge in [0.1, 0.15) is 0 Å². The Labute approximate surface area is 123 Å². The third kappa shape index (κ3) is 2.10. The predicted molar refractivity (Wildman–Crippen MR) is 84.5 cm³/mol. The quantitative estimate of drug-likeness (QED) is 0.859. The van der Waals surface area contributed by atoms with Crippen molar-refractivity contribution in [2.75, 3.05) is 10.6 Å². The monoisotopic (exact) mass is 286 g/mol. The number of amides is 1. The van der Waals surface area contributed by atoms with Crippen LogP contribution in [0.2, 0.25) is 0 Å². The lowest BCUT2D eigenvalue weighted by atomic mass is 10.1. The molecule has 1 aliphatic rings. The van der Waals surface area contributed by atoms with Crippen LogP contribution in [0.1, 0.15) is 34.0 Å². The van der Waals surface area contributed by atoms with Crippen molar-refractivity contribution in [1.82, 2.24) is 0 Å². The van der Waals surface area contributed by atoms with Crippen molar-refractivity contribution < 1.29 is 4.79 Å². The van der Waals surface area contributed by atoms with Crippen LogP contribution in [0.5, 0.6) is 0 Å². The fraction of sp³-hybridized carbons (Fsp3) is 0.312. The number of aryl methyl sites for hydroxylation is 1. The SMILES string of the molecule is CCc1ccc(C(=O)N2c3ccc(N)cc3CC2C)s1. The van der Waals surface area contributed by atoms with Gasteiger partial charge >= 0.3 is 0 Å².